The molecule has 0 saturated carbocycles. The van der Waals surface area contributed by atoms with E-state index in [0.29, 0.717) is 12.6 Å². The number of likely N-dealkylation sites (tertiary alicyclic amines) is 1. The minimum atomic E-state index is 0.253. The molecule has 1 aliphatic heterocycles. The van der Waals surface area contributed by atoms with Gasteiger partial charge in [-0.1, -0.05) is 19.8 Å². The maximum atomic E-state index is 12.3. The van der Waals surface area contributed by atoms with Crippen LogP contribution in [0.5, 0.6) is 0 Å². The molecule has 18 heavy (non-hydrogen) atoms. The number of ketones is 1. The van der Waals surface area contributed by atoms with E-state index in [2.05, 4.69) is 11.8 Å². The van der Waals surface area contributed by atoms with Crippen LogP contribution in [0.4, 0.5) is 0 Å². The second kappa shape index (κ2) is 6.19. The lowest BCUT2D eigenvalue weighted by atomic mass is 10.1. The normalized spacial score (nSPS) is 21.8. The standard InChI is InChI=1S/C15H24N2O/c1-3-13-8-5-4-6-11-17(13)12-15(18)14-9-7-10-16(14)2/h7,9-10,13H,3-6,8,11-12H2,1-2H3. The van der Waals surface area contributed by atoms with Gasteiger partial charge in [0.25, 0.3) is 0 Å². The Kier molecular flexibility index (Phi) is 4.59. The van der Waals surface area contributed by atoms with E-state index < -0.39 is 0 Å². The molecule has 0 bridgehead atoms. The van der Waals surface area contributed by atoms with Gasteiger partial charge < -0.3 is 4.57 Å². The van der Waals surface area contributed by atoms with Crippen LogP contribution >= 0.6 is 0 Å². The highest BCUT2D eigenvalue weighted by Gasteiger charge is 2.22. The van der Waals surface area contributed by atoms with Crippen molar-refractivity contribution in [1.82, 2.24) is 9.47 Å². The molecule has 1 atom stereocenters. The van der Waals surface area contributed by atoms with Gasteiger partial charge in [-0.3, -0.25) is 9.69 Å². The first-order chi connectivity index (χ1) is 8.72. The Bertz CT molecular complexity index is 397. The summed E-state index contributed by atoms with van der Waals surface area (Å²) in [5, 5.41) is 0. The van der Waals surface area contributed by atoms with Crippen molar-refractivity contribution >= 4 is 5.78 Å². The van der Waals surface area contributed by atoms with Crippen molar-refractivity contribution in [2.24, 2.45) is 7.05 Å². The topological polar surface area (TPSA) is 25.2 Å². The number of hydrogen-bond donors (Lipinski definition) is 0. The second-order valence-electron chi connectivity index (χ2n) is 5.31. The average Bonchev–Trinajstić information content (AvgIpc) is 2.66. The average molecular weight is 248 g/mol. The first-order valence-electron chi connectivity index (χ1n) is 7.11. The predicted molar refractivity (Wildman–Crippen MR) is 73.9 cm³/mol. The maximum absolute atomic E-state index is 12.3. The Labute approximate surface area is 110 Å². The molecule has 3 nitrogen and oxygen atoms in total. The third-order valence-corrected chi connectivity index (χ3v) is 4.05. The van der Waals surface area contributed by atoms with Crippen LogP contribution in [-0.2, 0) is 7.05 Å². The summed E-state index contributed by atoms with van der Waals surface area (Å²) in [7, 11) is 1.94. The number of aromatic nitrogens is 1. The van der Waals surface area contributed by atoms with Gasteiger partial charge >= 0.3 is 0 Å². The number of nitrogens with zero attached hydrogens (tertiary/aromatic N) is 2. The van der Waals surface area contributed by atoms with Crippen molar-refractivity contribution < 1.29 is 4.79 Å². The van der Waals surface area contributed by atoms with Crippen molar-refractivity contribution in [2.75, 3.05) is 13.1 Å². The largest absolute Gasteiger partial charge is 0.348 e. The number of carbonyl (C=O) groups excluding carboxylic acids is 1. The molecular formula is C15H24N2O. The molecule has 0 radical (unpaired) electrons. The molecule has 3 heteroatoms. The zero-order chi connectivity index (χ0) is 13.0. The van der Waals surface area contributed by atoms with E-state index in [4.69, 9.17) is 0 Å². The Morgan fingerprint density at radius 3 is 2.89 bits per heavy atom. The summed E-state index contributed by atoms with van der Waals surface area (Å²) in [5.74, 6) is 0.253. The second-order valence-corrected chi connectivity index (χ2v) is 5.31. The summed E-state index contributed by atoms with van der Waals surface area (Å²) in [6.45, 7) is 3.89. The number of rotatable bonds is 4. The number of hydrogen-bond acceptors (Lipinski definition) is 2. The van der Waals surface area contributed by atoms with E-state index in [0.717, 1.165) is 18.7 Å². The molecule has 2 heterocycles. The molecule has 1 aliphatic rings. The Morgan fingerprint density at radius 1 is 1.39 bits per heavy atom. The molecule has 1 saturated heterocycles. The molecule has 1 aromatic rings. The summed E-state index contributed by atoms with van der Waals surface area (Å²) < 4.78 is 1.92. The monoisotopic (exact) mass is 248 g/mol. The lowest BCUT2D eigenvalue weighted by Crippen LogP contribution is -2.38. The summed E-state index contributed by atoms with van der Waals surface area (Å²) in [6, 6.07) is 4.45. The Morgan fingerprint density at radius 2 is 2.22 bits per heavy atom. The van der Waals surface area contributed by atoms with Gasteiger partial charge in [-0.15, -0.1) is 0 Å². The van der Waals surface area contributed by atoms with Crippen LogP contribution < -0.4 is 0 Å². The summed E-state index contributed by atoms with van der Waals surface area (Å²) >= 11 is 0. The van der Waals surface area contributed by atoms with Crippen LogP contribution in [-0.4, -0.2) is 34.4 Å². The minimum Gasteiger partial charge on any atom is -0.348 e. The maximum Gasteiger partial charge on any atom is 0.193 e. The molecule has 1 aromatic heterocycles. The quantitative estimate of drug-likeness (QED) is 0.766. The van der Waals surface area contributed by atoms with Crippen LogP contribution in [0, 0.1) is 0 Å². The van der Waals surface area contributed by atoms with E-state index in [-0.39, 0.29) is 5.78 Å². The predicted octanol–water partition coefficient (Wildman–Crippen LogP) is 2.86. The third kappa shape index (κ3) is 3.02. The SMILES string of the molecule is CCC1CCCCCN1CC(=O)c1cccn1C. The summed E-state index contributed by atoms with van der Waals surface area (Å²) in [5.41, 5.74) is 0.828. The van der Waals surface area contributed by atoms with Crippen molar-refractivity contribution in [3.05, 3.63) is 24.0 Å². The van der Waals surface area contributed by atoms with Crippen LogP contribution in [0.1, 0.15) is 49.5 Å². The van der Waals surface area contributed by atoms with Crippen LogP contribution in [0.2, 0.25) is 0 Å². The van der Waals surface area contributed by atoms with E-state index in [1.54, 1.807) is 0 Å². The van der Waals surface area contributed by atoms with Gasteiger partial charge in [-0.2, -0.15) is 0 Å². The number of Topliss-reactive ketones (excluding diaryl/α,β-unsaturated/α-hetero) is 1. The van der Waals surface area contributed by atoms with Crippen molar-refractivity contribution in [1.29, 1.82) is 0 Å². The Hall–Kier alpha value is -1.09. The summed E-state index contributed by atoms with van der Waals surface area (Å²) in [6.07, 6.45) is 8.19. The first kappa shape index (κ1) is 13.3. The molecule has 0 aliphatic carbocycles. The molecule has 0 aromatic carbocycles. The highest BCUT2D eigenvalue weighted by molar-refractivity contribution is 5.96. The fourth-order valence-corrected chi connectivity index (χ4v) is 2.92. The van der Waals surface area contributed by atoms with Crippen molar-refractivity contribution in [3.8, 4) is 0 Å². The van der Waals surface area contributed by atoms with Gasteiger partial charge in [-0.25, -0.2) is 0 Å². The van der Waals surface area contributed by atoms with Crippen LogP contribution in [0.25, 0.3) is 0 Å². The first-order valence-corrected chi connectivity index (χ1v) is 7.11. The summed E-state index contributed by atoms with van der Waals surface area (Å²) in [4.78, 5) is 14.7. The van der Waals surface area contributed by atoms with Crippen molar-refractivity contribution in [3.63, 3.8) is 0 Å². The van der Waals surface area contributed by atoms with Gasteiger partial charge in [0, 0.05) is 19.3 Å². The molecule has 0 spiro atoms. The number of carbonyl (C=O) groups is 1. The Balaban J connectivity index is 2.02. The zero-order valence-electron chi connectivity index (χ0n) is 11.6. The molecule has 2 rings (SSSR count). The molecule has 1 unspecified atom stereocenters. The van der Waals surface area contributed by atoms with Gasteiger partial charge in [0.2, 0.25) is 0 Å². The minimum absolute atomic E-state index is 0.253. The van der Waals surface area contributed by atoms with E-state index in [1.165, 1.54) is 25.7 Å². The molecule has 0 amide bonds. The van der Waals surface area contributed by atoms with Gasteiger partial charge in [0.1, 0.15) is 0 Å². The van der Waals surface area contributed by atoms with Crippen LogP contribution in [0.3, 0.4) is 0 Å². The smallest absolute Gasteiger partial charge is 0.193 e. The van der Waals surface area contributed by atoms with Gasteiger partial charge in [-0.05, 0) is 37.9 Å². The fourth-order valence-electron chi connectivity index (χ4n) is 2.92. The molecular weight excluding hydrogens is 224 g/mol. The van der Waals surface area contributed by atoms with Gasteiger partial charge in [0.05, 0.1) is 12.2 Å². The molecule has 100 valence electrons. The molecule has 1 fully saturated rings. The zero-order valence-corrected chi connectivity index (χ0v) is 11.6. The van der Waals surface area contributed by atoms with E-state index >= 15 is 0 Å². The van der Waals surface area contributed by atoms with E-state index in [1.807, 2.05) is 29.9 Å². The third-order valence-electron chi connectivity index (χ3n) is 4.05. The molecule has 0 N–H and O–H groups in total. The highest BCUT2D eigenvalue weighted by Crippen LogP contribution is 2.19. The van der Waals surface area contributed by atoms with Crippen molar-refractivity contribution in [2.45, 2.75) is 45.1 Å². The highest BCUT2D eigenvalue weighted by atomic mass is 16.1. The lowest BCUT2D eigenvalue weighted by molar-refractivity contribution is 0.0882. The van der Waals surface area contributed by atoms with E-state index in [9.17, 15) is 4.79 Å². The lowest BCUT2D eigenvalue weighted by Gasteiger charge is -2.28. The fraction of sp³-hybridized carbons (Fsp3) is 0.667. The van der Waals surface area contributed by atoms with Crippen LogP contribution in [0.15, 0.2) is 18.3 Å². The van der Waals surface area contributed by atoms with Gasteiger partial charge in [0.15, 0.2) is 5.78 Å². The number of aryl methyl sites for hydroxylation is 1.